The van der Waals surface area contributed by atoms with E-state index in [2.05, 4.69) is 30.8 Å². The van der Waals surface area contributed by atoms with Crippen molar-refractivity contribution in [3.63, 3.8) is 0 Å². The Morgan fingerprint density at radius 2 is 1.84 bits per heavy atom. The zero-order valence-corrected chi connectivity index (χ0v) is 12.9. The van der Waals surface area contributed by atoms with Crippen molar-refractivity contribution in [1.82, 2.24) is 9.78 Å². The molecule has 1 N–H and O–H groups in total. The number of aromatic nitrogens is 2. The zero-order chi connectivity index (χ0) is 14.2. The van der Waals surface area contributed by atoms with E-state index in [0.29, 0.717) is 5.41 Å². The van der Waals surface area contributed by atoms with Crippen molar-refractivity contribution >= 4 is 5.82 Å². The van der Waals surface area contributed by atoms with Crippen LogP contribution >= 0.6 is 0 Å². The van der Waals surface area contributed by atoms with Crippen molar-refractivity contribution in [3.8, 4) is 0 Å². The predicted molar refractivity (Wildman–Crippen MR) is 78.3 cm³/mol. The van der Waals surface area contributed by atoms with Crippen LogP contribution in [0.4, 0.5) is 5.82 Å². The van der Waals surface area contributed by atoms with Gasteiger partial charge in [-0.25, -0.2) is 0 Å². The van der Waals surface area contributed by atoms with Gasteiger partial charge in [-0.15, -0.1) is 0 Å². The highest BCUT2D eigenvalue weighted by atomic mass is 16.3. The zero-order valence-electron chi connectivity index (χ0n) is 12.9. The van der Waals surface area contributed by atoms with E-state index in [1.54, 1.807) is 0 Å². The first-order valence-electron chi connectivity index (χ1n) is 7.23. The number of anilines is 1. The predicted octanol–water partition coefficient (Wildman–Crippen LogP) is 2.48. The molecular formula is C15H27N3O. The minimum absolute atomic E-state index is 0.0776. The number of aliphatic hydroxyl groups is 1. The molecule has 0 bridgehead atoms. The van der Waals surface area contributed by atoms with Gasteiger partial charge in [0.1, 0.15) is 5.82 Å². The molecule has 4 nitrogen and oxygen atoms in total. The standard InChI is InChI=1S/C15H27N3O/c1-11-13(10-19)14(17(5)16-11)18-8-6-12(7-9-18)15(2,3)4/h12,19H,6-10H2,1-5H3. The number of hydrogen-bond acceptors (Lipinski definition) is 3. The van der Waals surface area contributed by atoms with Crippen molar-refractivity contribution in [1.29, 1.82) is 0 Å². The van der Waals surface area contributed by atoms with E-state index in [0.717, 1.165) is 36.1 Å². The molecule has 19 heavy (non-hydrogen) atoms. The lowest BCUT2D eigenvalue weighted by molar-refractivity contribution is 0.198. The van der Waals surface area contributed by atoms with Crippen molar-refractivity contribution in [3.05, 3.63) is 11.3 Å². The maximum absolute atomic E-state index is 9.54. The second-order valence-corrected chi connectivity index (χ2v) is 6.80. The first kappa shape index (κ1) is 14.4. The first-order valence-corrected chi connectivity index (χ1v) is 7.23. The van der Waals surface area contributed by atoms with Gasteiger partial charge in [0.15, 0.2) is 0 Å². The number of aryl methyl sites for hydroxylation is 2. The highest BCUT2D eigenvalue weighted by Crippen LogP contribution is 2.36. The van der Waals surface area contributed by atoms with Gasteiger partial charge >= 0.3 is 0 Å². The molecule has 1 aliphatic heterocycles. The second-order valence-electron chi connectivity index (χ2n) is 6.80. The molecule has 0 unspecified atom stereocenters. The van der Waals surface area contributed by atoms with Gasteiger partial charge in [-0.1, -0.05) is 20.8 Å². The Morgan fingerprint density at radius 1 is 1.26 bits per heavy atom. The maximum atomic E-state index is 9.54. The van der Waals surface area contributed by atoms with E-state index in [1.165, 1.54) is 12.8 Å². The molecule has 1 fully saturated rings. The van der Waals surface area contributed by atoms with Gasteiger partial charge in [0, 0.05) is 25.7 Å². The highest BCUT2D eigenvalue weighted by molar-refractivity contribution is 5.50. The summed E-state index contributed by atoms with van der Waals surface area (Å²) in [6.07, 6.45) is 2.44. The first-order chi connectivity index (χ1) is 8.84. The number of piperidine rings is 1. The Morgan fingerprint density at radius 3 is 2.32 bits per heavy atom. The average molecular weight is 265 g/mol. The van der Waals surface area contributed by atoms with Crippen LogP contribution in [0.2, 0.25) is 0 Å². The van der Waals surface area contributed by atoms with Gasteiger partial charge in [-0.2, -0.15) is 5.10 Å². The second kappa shape index (κ2) is 5.16. The lowest BCUT2D eigenvalue weighted by Crippen LogP contribution is -2.39. The molecule has 4 heteroatoms. The molecule has 1 aliphatic rings. The third-order valence-electron chi connectivity index (χ3n) is 4.49. The van der Waals surface area contributed by atoms with Gasteiger partial charge in [0.05, 0.1) is 12.3 Å². The summed E-state index contributed by atoms with van der Waals surface area (Å²) in [5, 5.41) is 14.0. The summed E-state index contributed by atoms with van der Waals surface area (Å²) < 4.78 is 1.91. The molecule has 0 saturated carbocycles. The summed E-state index contributed by atoms with van der Waals surface area (Å²) in [6, 6.07) is 0. The molecule has 2 heterocycles. The molecular weight excluding hydrogens is 238 g/mol. The lowest BCUT2D eigenvalue weighted by atomic mass is 9.75. The van der Waals surface area contributed by atoms with Crippen LogP contribution in [0.3, 0.4) is 0 Å². The van der Waals surface area contributed by atoms with Gasteiger partial charge in [-0.3, -0.25) is 4.68 Å². The number of aliphatic hydroxyl groups excluding tert-OH is 1. The fourth-order valence-electron chi connectivity index (χ4n) is 3.23. The van der Waals surface area contributed by atoms with E-state index in [9.17, 15) is 5.11 Å². The van der Waals surface area contributed by atoms with Gasteiger partial charge < -0.3 is 10.0 Å². The molecule has 0 spiro atoms. The lowest BCUT2D eigenvalue weighted by Gasteiger charge is -2.39. The fourth-order valence-corrected chi connectivity index (χ4v) is 3.23. The number of nitrogens with zero attached hydrogens (tertiary/aromatic N) is 3. The molecule has 1 aromatic heterocycles. The monoisotopic (exact) mass is 265 g/mol. The third-order valence-corrected chi connectivity index (χ3v) is 4.49. The van der Waals surface area contributed by atoms with E-state index >= 15 is 0 Å². The van der Waals surface area contributed by atoms with E-state index < -0.39 is 0 Å². The summed E-state index contributed by atoms with van der Waals surface area (Å²) in [5.74, 6) is 1.89. The Hall–Kier alpha value is -1.03. The van der Waals surface area contributed by atoms with Crippen LogP contribution in [0.25, 0.3) is 0 Å². The Kier molecular flexibility index (Phi) is 3.90. The van der Waals surface area contributed by atoms with Crippen molar-refractivity contribution in [2.45, 2.75) is 47.1 Å². The smallest absolute Gasteiger partial charge is 0.132 e. The van der Waals surface area contributed by atoms with Gasteiger partial charge in [0.25, 0.3) is 0 Å². The van der Waals surface area contributed by atoms with Crippen LogP contribution in [-0.2, 0) is 13.7 Å². The molecule has 1 saturated heterocycles. The normalized spacial score (nSPS) is 18.1. The maximum Gasteiger partial charge on any atom is 0.132 e. The van der Waals surface area contributed by atoms with E-state index in [4.69, 9.17) is 0 Å². The number of rotatable bonds is 2. The molecule has 0 amide bonds. The van der Waals surface area contributed by atoms with Crippen LogP contribution in [0.5, 0.6) is 0 Å². The minimum Gasteiger partial charge on any atom is -0.391 e. The molecule has 0 aliphatic carbocycles. The van der Waals surface area contributed by atoms with Crippen molar-refractivity contribution in [2.24, 2.45) is 18.4 Å². The molecule has 0 aromatic carbocycles. The van der Waals surface area contributed by atoms with Crippen LogP contribution in [0, 0.1) is 18.3 Å². The van der Waals surface area contributed by atoms with Crippen LogP contribution < -0.4 is 4.90 Å². The van der Waals surface area contributed by atoms with Crippen LogP contribution in [0.15, 0.2) is 0 Å². The third kappa shape index (κ3) is 2.78. The molecule has 1 aromatic rings. The van der Waals surface area contributed by atoms with E-state index in [-0.39, 0.29) is 6.61 Å². The topological polar surface area (TPSA) is 41.3 Å². The average Bonchev–Trinajstić information content (AvgIpc) is 2.62. The van der Waals surface area contributed by atoms with Gasteiger partial charge in [0.2, 0.25) is 0 Å². The largest absolute Gasteiger partial charge is 0.391 e. The summed E-state index contributed by atoms with van der Waals surface area (Å²) >= 11 is 0. The van der Waals surface area contributed by atoms with Crippen molar-refractivity contribution < 1.29 is 5.11 Å². The molecule has 0 atom stereocenters. The Balaban J connectivity index is 2.14. The van der Waals surface area contributed by atoms with Crippen LogP contribution in [0.1, 0.15) is 44.9 Å². The van der Waals surface area contributed by atoms with Gasteiger partial charge in [-0.05, 0) is 31.1 Å². The Labute approximate surface area is 116 Å². The minimum atomic E-state index is 0.0776. The molecule has 0 radical (unpaired) electrons. The SMILES string of the molecule is Cc1nn(C)c(N2CCC(C(C)(C)C)CC2)c1CO. The molecule has 108 valence electrons. The summed E-state index contributed by atoms with van der Waals surface area (Å²) in [6.45, 7) is 11.2. The number of hydrogen-bond donors (Lipinski definition) is 1. The van der Waals surface area contributed by atoms with Crippen LogP contribution in [-0.4, -0.2) is 28.0 Å². The quantitative estimate of drug-likeness (QED) is 0.893. The summed E-state index contributed by atoms with van der Waals surface area (Å²) in [5.41, 5.74) is 2.32. The summed E-state index contributed by atoms with van der Waals surface area (Å²) in [7, 11) is 1.97. The Bertz CT molecular complexity index is 437. The highest BCUT2D eigenvalue weighted by Gasteiger charge is 2.30. The molecule has 2 rings (SSSR count). The fraction of sp³-hybridized carbons (Fsp3) is 0.800. The van der Waals surface area contributed by atoms with E-state index in [1.807, 2.05) is 18.7 Å². The summed E-state index contributed by atoms with van der Waals surface area (Å²) in [4.78, 5) is 2.38. The van der Waals surface area contributed by atoms with Crippen molar-refractivity contribution in [2.75, 3.05) is 18.0 Å².